The number of nitrogens with zero attached hydrogens (tertiary/aromatic N) is 2. The van der Waals surface area contributed by atoms with Crippen molar-refractivity contribution >= 4 is 28.3 Å². The van der Waals surface area contributed by atoms with Gasteiger partial charge in [-0.2, -0.15) is 0 Å². The summed E-state index contributed by atoms with van der Waals surface area (Å²) in [6.07, 6.45) is 1.74. The third kappa shape index (κ3) is 3.47. The van der Waals surface area contributed by atoms with Gasteiger partial charge in [0.1, 0.15) is 0 Å². The van der Waals surface area contributed by atoms with E-state index in [4.69, 9.17) is 0 Å². The molecule has 2 heterocycles. The molecule has 6 heteroatoms. The fraction of sp³-hybridized carbons (Fsp3) is 0.538. The van der Waals surface area contributed by atoms with Crippen LogP contribution in [0, 0.1) is 5.92 Å². The zero-order valence-corrected chi connectivity index (χ0v) is 12.1. The van der Waals surface area contributed by atoms with Gasteiger partial charge in [0.15, 0.2) is 0 Å². The van der Waals surface area contributed by atoms with Crippen molar-refractivity contribution in [1.29, 1.82) is 0 Å². The van der Waals surface area contributed by atoms with Crippen LogP contribution in [-0.4, -0.2) is 48.9 Å². The Labute approximate surface area is 117 Å². The number of hydrogen-bond donors (Lipinski definition) is 1. The quantitative estimate of drug-likeness (QED) is 0.902. The zero-order chi connectivity index (χ0) is 13.8. The number of amides is 3. The molecule has 1 unspecified atom stereocenters. The summed E-state index contributed by atoms with van der Waals surface area (Å²) in [4.78, 5) is 27.4. The van der Waals surface area contributed by atoms with E-state index in [1.807, 2.05) is 17.5 Å². The molecule has 1 aliphatic rings. The smallest absolute Gasteiger partial charge is 0.322 e. The molecule has 5 nitrogen and oxygen atoms in total. The minimum absolute atomic E-state index is 0.0714. The summed E-state index contributed by atoms with van der Waals surface area (Å²) < 4.78 is 0. The maximum Gasteiger partial charge on any atom is 0.322 e. The Kier molecular flexibility index (Phi) is 4.42. The number of likely N-dealkylation sites (tertiary alicyclic amines) is 1. The lowest BCUT2D eigenvalue weighted by atomic mass is 9.97. The van der Waals surface area contributed by atoms with Crippen LogP contribution in [0.15, 0.2) is 17.5 Å². The standard InChI is InChI=1S/C13H19N3O2S/c1-15(2)12(17)10-5-3-7-16(9-10)13(18)14-11-6-4-8-19-11/h4,6,8,10H,3,5,7,9H2,1-2H3,(H,14,18). The maximum absolute atomic E-state index is 12.1. The van der Waals surface area contributed by atoms with E-state index >= 15 is 0 Å². The minimum Gasteiger partial charge on any atom is -0.349 e. The van der Waals surface area contributed by atoms with Crippen LogP contribution < -0.4 is 5.32 Å². The fourth-order valence-corrected chi connectivity index (χ4v) is 2.87. The van der Waals surface area contributed by atoms with E-state index in [2.05, 4.69) is 5.32 Å². The molecule has 1 aromatic heterocycles. The van der Waals surface area contributed by atoms with E-state index in [1.54, 1.807) is 23.9 Å². The van der Waals surface area contributed by atoms with Gasteiger partial charge in [-0.1, -0.05) is 0 Å². The van der Waals surface area contributed by atoms with Crippen LogP contribution in [0.2, 0.25) is 0 Å². The van der Waals surface area contributed by atoms with Gasteiger partial charge in [-0.05, 0) is 30.4 Å². The highest BCUT2D eigenvalue weighted by Crippen LogP contribution is 2.20. The van der Waals surface area contributed by atoms with E-state index in [-0.39, 0.29) is 17.9 Å². The summed E-state index contributed by atoms with van der Waals surface area (Å²) in [6.45, 7) is 1.22. The average Bonchev–Trinajstić information content (AvgIpc) is 2.90. The van der Waals surface area contributed by atoms with Crippen LogP contribution in [0.4, 0.5) is 9.80 Å². The molecular weight excluding hydrogens is 262 g/mol. The number of thiophene rings is 1. The van der Waals surface area contributed by atoms with Crippen LogP contribution in [-0.2, 0) is 4.79 Å². The van der Waals surface area contributed by atoms with E-state index < -0.39 is 0 Å². The molecule has 0 spiro atoms. The van der Waals surface area contributed by atoms with Crippen molar-refractivity contribution in [1.82, 2.24) is 9.80 Å². The van der Waals surface area contributed by atoms with Crippen molar-refractivity contribution < 1.29 is 9.59 Å². The molecule has 1 aromatic rings. The third-order valence-electron chi connectivity index (χ3n) is 3.25. The number of rotatable bonds is 2. The summed E-state index contributed by atoms with van der Waals surface area (Å²) in [6, 6.07) is 3.66. The second-order valence-corrected chi connectivity index (χ2v) is 5.87. The molecule has 104 valence electrons. The summed E-state index contributed by atoms with van der Waals surface area (Å²) >= 11 is 1.49. The van der Waals surface area contributed by atoms with Crippen molar-refractivity contribution in [3.63, 3.8) is 0 Å². The van der Waals surface area contributed by atoms with Gasteiger partial charge in [0, 0.05) is 27.2 Å². The molecule has 1 saturated heterocycles. The fourth-order valence-electron chi connectivity index (χ4n) is 2.26. The SMILES string of the molecule is CN(C)C(=O)C1CCCN(C(=O)Nc2cccs2)C1. The summed E-state index contributed by atoms with van der Waals surface area (Å²) in [5.74, 6) is 0.0338. The highest BCUT2D eigenvalue weighted by Gasteiger charge is 2.29. The number of hydrogen-bond acceptors (Lipinski definition) is 3. The topological polar surface area (TPSA) is 52.7 Å². The second-order valence-electron chi connectivity index (χ2n) is 4.93. The molecule has 0 saturated carbocycles. The van der Waals surface area contributed by atoms with E-state index in [0.717, 1.165) is 17.8 Å². The molecule has 3 amide bonds. The van der Waals surface area contributed by atoms with Gasteiger partial charge in [0.25, 0.3) is 0 Å². The Hall–Kier alpha value is -1.56. The molecule has 0 bridgehead atoms. The van der Waals surface area contributed by atoms with Gasteiger partial charge in [0.05, 0.1) is 10.9 Å². The lowest BCUT2D eigenvalue weighted by Crippen LogP contribution is -2.46. The molecule has 1 N–H and O–H groups in total. The number of urea groups is 1. The van der Waals surface area contributed by atoms with Crippen LogP contribution in [0.3, 0.4) is 0 Å². The maximum atomic E-state index is 12.1. The Morgan fingerprint density at radius 2 is 2.26 bits per heavy atom. The zero-order valence-electron chi connectivity index (χ0n) is 11.3. The number of nitrogens with one attached hydrogen (secondary N) is 1. The predicted molar refractivity (Wildman–Crippen MR) is 76.3 cm³/mol. The summed E-state index contributed by atoms with van der Waals surface area (Å²) in [5.41, 5.74) is 0. The lowest BCUT2D eigenvalue weighted by molar-refractivity contribution is -0.134. The minimum atomic E-state index is -0.112. The number of anilines is 1. The molecular formula is C13H19N3O2S. The molecule has 1 atom stereocenters. The molecule has 2 rings (SSSR count). The Morgan fingerprint density at radius 3 is 2.89 bits per heavy atom. The van der Waals surface area contributed by atoms with Gasteiger partial charge in [-0.15, -0.1) is 11.3 Å². The van der Waals surface area contributed by atoms with Gasteiger partial charge in [0.2, 0.25) is 5.91 Å². The number of piperidine rings is 1. The van der Waals surface area contributed by atoms with Crippen molar-refractivity contribution in [2.75, 3.05) is 32.5 Å². The summed E-state index contributed by atoms with van der Waals surface area (Å²) in [5, 5.41) is 5.62. The van der Waals surface area contributed by atoms with Gasteiger partial charge >= 0.3 is 6.03 Å². The molecule has 19 heavy (non-hydrogen) atoms. The first kappa shape index (κ1) is 13.9. The van der Waals surface area contributed by atoms with Crippen molar-refractivity contribution in [3.05, 3.63) is 17.5 Å². The molecule has 0 aliphatic carbocycles. The predicted octanol–water partition coefficient (Wildman–Crippen LogP) is 2.08. The third-order valence-corrected chi connectivity index (χ3v) is 4.04. The average molecular weight is 281 g/mol. The molecule has 0 aromatic carbocycles. The van der Waals surface area contributed by atoms with Crippen LogP contribution in [0.25, 0.3) is 0 Å². The van der Waals surface area contributed by atoms with Crippen LogP contribution >= 0.6 is 11.3 Å². The van der Waals surface area contributed by atoms with Crippen molar-refractivity contribution in [2.24, 2.45) is 5.92 Å². The molecule has 1 aliphatic heterocycles. The van der Waals surface area contributed by atoms with Crippen molar-refractivity contribution in [3.8, 4) is 0 Å². The Balaban J connectivity index is 1.93. The highest BCUT2D eigenvalue weighted by atomic mass is 32.1. The Morgan fingerprint density at radius 1 is 1.47 bits per heavy atom. The van der Waals surface area contributed by atoms with E-state index in [0.29, 0.717) is 13.1 Å². The lowest BCUT2D eigenvalue weighted by Gasteiger charge is -2.33. The first-order valence-electron chi connectivity index (χ1n) is 6.38. The Bertz CT molecular complexity index is 445. The molecule has 0 radical (unpaired) electrons. The second kappa shape index (κ2) is 6.06. The van der Waals surface area contributed by atoms with E-state index in [1.165, 1.54) is 11.3 Å². The summed E-state index contributed by atoms with van der Waals surface area (Å²) in [7, 11) is 3.51. The van der Waals surface area contributed by atoms with Crippen LogP contribution in [0.5, 0.6) is 0 Å². The highest BCUT2D eigenvalue weighted by molar-refractivity contribution is 7.14. The largest absolute Gasteiger partial charge is 0.349 e. The normalized spacial score (nSPS) is 19.1. The van der Waals surface area contributed by atoms with Gasteiger partial charge in [-0.25, -0.2) is 4.79 Å². The van der Waals surface area contributed by atoms with Crippen LogP contribution in [0.1, 0.15) is 12.8 Å². The number of carbonyl (C=O) groups is 2. The number of carbonyl (C=O) groups excluding carboxylic acids is 2. The van der Waals surface area contributed by atoms with Gasteiger partial charge in [-0.3, -0.25) is 10.1 Å². The molecule has 1 fully saturated rings. The van der Waals surface area contributed by atoms with E-state index in [9.17, 15) is 9.59 Å². The first-order valence-corrected chi connectivity index (χ1v) is 7.26. The first-order chi connectivity index (χ1) is 9.08. The monoisotopic (exact) mass is 281 g/mol. The van der Waals surface area contributed by atoms with Crippen molar-refractivity contribution in [2.45, 2.75) is 12.8 Å². The van der Waals surface area contributed by atoms with Gasteiger partial charge < -0.3 is 9.80 Å².